The third kappa shape index (κ3) is 4.07. The van der Waals surface area contributed by atoms with Crippen LogP contribution in [0.4, 0.5) is 5.69 Å². The van der Waals surface area contributed by atoms with Crippen molar-refractivity contribution < 1.29 is 27.4 Å². The smallest absolute Gasteiger partial charge is 0.265 e. The van der Waals surface area contributed by atoms with Crippen molar-refractivity contribution in [1.29, 1.82) is 0 Å². The van der Waals surface area contributed by atoms with E-state index in [1.807, 2.05) is 0 Å². The van der Waals surface area contributed by atoms with Gasteiger partial charge in [0.1, 0.15) is 10.6 Å². The van der Waals surface area contributed by atoms with Crippen molar-refractivity contribution in [3.63, 3.8) is 0 Å². The molecule has 9 heteroatoms. The van der Waals surface area contributed by atoms with Gasteiger partial charge < -0.3 is 19.5 Å². The molecular formula is C12H14ClNO6S. The highest BCUT2D eigenvalue weighted by Gasteiger charge is 2.24. The molecule has 0 spiro atoms. The Balaban J connectivity index is 2.19. The number of hydrogen-bond acceptors (Lipinski definition) is 6. The van der Waals surface area contributed by atoms with E-state index in [0.29, 0.717) is 13.2 Å². The molecule has 1 amide bonds. The molecular weight excluding hydrogens is 322 g/mol. The first-order chi connectivity index (χ1) is 9.91. The average molecular weight is 336 g/mol. The zero-order valence-electron chi connectivity index (χ0n) is 11.2. The van der Waals surface area contributed by atoms with E-state index in [2.05, 4.69) is 5.32 Å². The maximum atomic E-state index is 12.0. The van der Waals surface area contributed by atoms with Gasteiger partial charge in [-0.25, -0.2) is 8.42 Å². The van der Waals surface area contributed by atoms with Crippen molar-refractivity contribution in [2.75, 3.05) is 32.2 Å². The Kier molecular flexibility index (Phi) is 5.04. The molecule has 7 nitrogen and oxygen atoms in total. The number of nitrogens with one attached hydrogen (secondary N) is 1. The Labute approximate surface area is 126 Å². The lowest BCUT2D eigenvalue weighted by atomic mass is 10.2. The maximum absolute atomic E-state index is 12.0. The van der Waals surface area contributed by atoms with Gasteiger partial charge in [-0.1, -0.05) is 0 Å². The normalized spacial score (nSPS) is 19.0. The number of carbonyl (C=O) groups excluding carboxylic acids is 1. The fourth-order valence-electron chi connectivity index (χ4n) is 1.81. The first-order valence-corrected chi connectivity index (χ1v) is 8.35. The van der Waals surface area contributed by atoms with Gasteiger partial charge in [0, 0.05) is 16.4 Å². The van der Waals surface area contributed by atoms with E-state index in [9.17, 15) is 13.2 Å². The highest BCUT2D eigenvalue weighted by molar-refractivity contribution is 8.13. The van der Waals surface area contributed by atoms with E-state index in [-0.39, 0.29) is 22.9 Å². The fourth-order valence-corrected chi connectivity index (χ4v) is 2.83. The number of methoxy groups -OCH3 is 1. The molecule has 1 unspecified atom stereocenters. The lowest BCUT2D eigenvalue weighted by Crippen LogP contribution is -2.39. The van der Waals surface area contributed by atoms with Gasteiger partial charge >= 0.3 is 0 Å². The van der Waals surface area contributed by atoms with Gasteiger partial charge in [-0.2, -0.15) is 0 Å². The van der Waals surface area contributed by atoms with Crippen LogP contribution >= 0.6 is 10.7 Å². The van der Waals surface area contributed by atoms with Crippen molar-refractivity contribution in [2.24, 2.45) is 0 Å². The molecule has 1 saturated heterocycles. The van der Waals surface area contributed by atoms with E-state index in [0.717, 1.165) is 0 Å². The summed E-state index contributed by atoms with van der Waals surface area (Å²) in [4.78, 5) is 11.7. The maximum Gasteiger partial charge on any atom is 0.265 e. The molecule has 1 heterocycles. The van der Waals surface area contributed by atoms with E-state index in [4.69, 9.17) is 24.9 Å². The zero-order valence-corrected chi connectivity index (χ0v) is 12.7. The Morgan fingerprint density at radius 1 is 1.43 bits per heavy atom. The van der Waals surface area contributed by atoms with Crippen molar-refractivity contribution in [3.8, 4) is 5.75 Å². The van der Waals surface area contributed by atoms with Crippen molar-refractivity contribution in [2.45, 2.75) is 11.0 Å². The monoisotopic (exact) mass is 335 g/mol. The summed E-state index contributed by atoms with van der Waals surface area (Å²) in [6.07, 6.45) is -0.725. The molecule has 1 aromatic rings. The van der Waals surface area contributed by atoms with Crippen LogP contribution in [-0.4, -0.2) is 47.4 Å². The number of ether oxygens (including phenoxy) is 3. The standard InChI is InChI=1S/C12H14ClNO6S/c1-18-9-3-2-8(6-11(9)21(13,16)17)14-12(15)10-7-19-4-5-20-10/h2-3,6,10H,4-5,7H2,1H3,(H,14,15). The minimum absolute atomic E-state index is 0.0975. The van der Waals surface area contributed by atoms with E-state index in [1.165, 1.54) is 25.3 Å². The minimum atomic E-state index is -3.99. The summed E-state index contributed by atoms with van der Waals surface area (Å²) in [7, 11) is 2.67. The second-order valence-corrected chi connectivity index (χ2v) is 6.76. The number of halogens is 1. The molecule has 2 rings (SSSR count). The number of hydrogen-bond donors (Lipinski definition) is 1. The molecule has 1 atom stereocenters. The Morgan fingerprint density at radius 2 is 2.19 bits per heavy atom. The summed E-state index contributed by atoms with van der Waals surface area (Å²) in [5.41, 5.74) is 0.272. The number of rotatable bonds is 4. The van der Waals surface area contributed by atoms with Gasteiger partial charge in [0.2, 0.25) is 0 Å². The lowest BCUT2D eigenvalue weighted by molar-refractivity contribution is -0.142. The number of anilines is 1. The van der Waals surface area contributed by atoms with Gasteiger partial charge in [-0.05, 0) is 18.2 Å². The van der Waals surface area contributed by atoms with Gasteiger partial charge in [0.05, 0.1) is 26.9 Å². The van der Waals surface area contributed by atoms with Crippen molar-refractivity contribution in [3.05, 3.63) is 18.2 Å². The van der Waals surface area contributed by atoms with Gasteiger partial charge in [-0.15, -0.1) is 0 Å². The molecule has 1 N–H and O–H groups in total. The van der Waals surface area contributed by atoms with Crippen LogP contribution in [0.1, 0.15) is 0 Å². The molecule has 0 saturated carbocycles. The van der Waals surface area contributed by atoms with Crippen LogP contribution in [0.25, 0.3) is 0 Å². The summed E-state index contributed by atoms with van der Waals surface area (Å²) < 4.78 is 38.3. The van der Waals surface area contributed by atoms with Gasteiger partial charge in [0.25, 0.3) is 15.0 Å². The SMILES string of the molecule is COc1ccc(NC(=O)C2COCCO2)cc1S(=O)(=O)Cl. The molecule has 0 radical (unpaired) electrons. The zero-order chi connectivity index (χ0) is 15.5. The first-order valence-electron chi connectivity index (χ1n) is 6.04. The fraction of sp³-hybridized carbons (Fsp3) is 0.417. The second kappa shape index (κ2) is 6.61. The molecule has 0 aromatic heterocycles. The van der Waals surface area contributed by atoms with Gasteiger partial charge in [0.15, 0.2) is 6.10 Å². The Morgan fingerprint density at radius 3 is 2.76 bits per heavy atom. The summed E-state index contributed by atoms with van der Waals surface area (Å²) >= 11 is 0. The number of carbonyl (C=O) groups is 1. The quantitative estimate of drug-likeness (QED) is 0.825. The molecule has 1 fully saturated rings. The van der Waals surface area contributed by atoms with E-state index >= 15 is 0 Å². The number of amides is 1. The van der Waals surface area contributed by atoms with Crippen LogP contribution in [0.5, 0.6) is 5.75 Å². The van der Waals surface area contributed by atoms with Gasteiger partial charge in [-0.3, -0.25) is 4.79 Å². The molecule has 0 bridgehead atoms. The largest absolute Gasteiger partial charge is 0.495 e. The van der Waals surface area contributed by atoms with Crippen molar-refractivity contribution >= 4 is 31.3 Å². The summed E-state index contributed by atoms with van der Waals surface area (Å²) in [5.74, 6) is -0.321. The third-order valence-corrected chi connectivity index (χ3v) is 4.15. The van der Waals surface area contributed by atoms with Crippen LogP contribution in [0.3, 0.4) is 0 Å². The summed E-state index contributed by atoms with van der Waals surface area (Å²) in [6.45, 7) is 0.936. The molecule has 21 heavy (non-hydrogen) atoms. The Hall–Kier alpha value is -1.35. The van der Waals surface area contributed by atoms with Crippen molar-refractivity contribution in [1.82, 2.24) is 0 Å². The highest BCUT2D eigenvalue weighted by atomic mass is 35.7. The molecule has 1 aliphatic rings. The van der Waals surface area contributed by atoms with Crippen LogP contribution < -0.4 is 10.1 Å². The van der Waals surface area contributed by atoms with Crippen LogP contribution in [0.15, 0.2) is 23.1 Å². The number of benzene rings is 1. The summed E-state index contributed by atoms with van der Waals surface area (Å²) in [6, 6.07) is 4.14. The third-order valence-electron chi connectivity index (χ3n) is 2.80. The van der Waals surface area contributed by atoms with Crippen LogP contribution in [0.2, 0.25) is 0 Å². The van der Waals surface area contributed by atoms with Crippen LogP contribution in [-0.2, 0) is 23.3 Å². The predicted molar refractivity (Wildman–Crippen MR) is 75.2 cm³/mol. The topological polar surface area (TPSA) is 90.9 Å². The van der Waals surface area contributed by atoms with E-state index < -0.39 is 21.1 Å². The second-order valence-electron chi connectivity index (χ2n) is 4.23. The molecule has 0 aliphatic carbocycles. The minimum Gasteiger partial charge on any atom is -0.495 e. The van der Waals surface area contributed by atoms with E-state index in [1.54, 1.807) is 0 Å². The molecule has 116 valence electrons. The molecule has 1 aromatic carbocycles. The summed E-state index contributed by atoms with van der Waals surface area (Å²) in [5, 5.41) is 2.55. The van der Waals surface area contributed by atoms with Crippen LogP contribution in [0, 0.1) is 0 Å². The predicted octanol–water partition coefficient (Wildman–Crippen LogP) is 0.977. The lowest BCUT2D eigenvalue weighted by Gasteiger charge is -2.22. The molecule has 1 aliphatic heterocycles. The average Bonchev–Trinajstić information content (AvgIpc) is 2.47. The highest BCUT2D eigenvalue weighted by Crippen LogP contribution is 2.29. The Bertz CT molecular complexity index is 627. The first kappa shape index (κ1) is 16.0.